The highest BCUT2D eigenvalue weighted by atomic mass is 32.2. The number of nitrogens with zero attached hydrogens (tertiary/aromatic N) is 2. The van der Waals surface area contributed by atoms with Crippen LogP contribution >= 0.6 is 51.3 Å². The summed E-state index contributed by atoms with van der Waals surface area (Å²) in [6, 6.07) is 0. The molecule has 26 heavy (non-hydrogen) atoms. The SMILES string of the molecule is C=O.CCCCCCOC(=O)N(S)S.CCCCCCOC(=O)N(S)S. The van der Waals surface area contributed by atoms with Gasteiger partial charge in [-0.3, -0.25) is 0 Å². The van der Waals surface area contributed by atoms with E-state index in [0.717, 1.165) is 33.1 Å². The number of carbonyl (C=O) groups is 3. The maximum absolute atomic E-state index is 10.7. The fraction of sp³-hybridized carbons (Fsp3) is 0.800. The third-order valence-electron chi connectivity index (χ3n) is 2.77. The van der Waals surface area contributed by atoms with Gasteiger partial charge < -0.3 is 14.3 Å². The molecular weight excluding hydrogens is 416 g/mol. The van der Waals surface area contributed by atoms with E-state index in [2.05, 4.69) is 65.1 Å². The highest BCUT2D eigenvalue weighted by Gasteiger charge is 2.05. The molecule has 0 saturated heterocycles. The summed E-state index contributed by atoms with van der Waals surface area (Å²) in [5.74, 6) is 0. The second-order valence-electron chi connectivity index (χ2n) is 4.93. The molecule has 0 atom stereocenters. The zero-order valence-corrected chi connectivity index (χ0v) is 19.1. The van der Waals surface area contributed by atoms with E-state index >= 15 is 0 Å². The van der Waals surface area contributed by atoms with Gasteiger partial charge in [-0.2, -0.15) is 7.42 Å². The summed E-state index contributed by atoms with van der Waals surface area (Å²) >= 11 is 14.6. The van der Waals surface area contributed by atoms with Crippen LogP contribution in [0.2, 0.25) is 0 Å². The first-order chi connectivity index (χ1) is 12.4. The van der Waals surface area contributed by atoms with Gasteiger partial charge in [-0.15, -0.1) is 0 Å². The topological polar surface area (TPSA) is 76.1 Å². The van der Waals surface area contributed by atoms with Crippen molar-refractivity contribution in [3.63, 3.8) is 0 Å². The standard InChI is InChI=1S/2C7H15NO2S2.CH2O/c2*1-2-3-4-5-6-10-7(9)8(11)12;1-2/h2*11-12H,2-6H2,1H3;1H2. The maximum atomic E-state index is 10.7. The first-order valence-electron chi connectivity index (χ1n) is 8.34. The first kappa shape index (κ1) is 30.3. The molecule has 0 radical (unpaired) electrons. The smallest absolute Gasteiger partial charge is 0.429 e. The number of rotatable bonds is 10. The van der Waals surface area contributed by atoms with Crippen molar-refractivity contribution in [2.45, 2.75) is 65.2 Å². The largest absolute Gasteiger partial charge is 0.448 e. The molecule has 156 valence electrons. The Morgan fingerprint density at radius 1 is 0.692 bits per heavy atom. The third kappa shape index (κ3) is 25.8. The summed E-state index contributed by atoms with van der Waals surface area (Å²) in [4.78, 5) is 29.5. The van der Waals surface area contributed by atoms with Gasteiger partial charge in [0, 0.05) is 0 Å². The lowest BCUT2D eigenvalue weighted by atomic mass is 10.2. The van der Waals surface area contributed by atoms with Crippen LogP contribution in [0.15, 0.2) is 0 Å². The molecule has 0 aliphatic carbocycles. The summed E-state index contributed by atoms with van der Waals surface area (Å²) in [5, 5.41) is 0. The Morgan fingerprint density at radius 2 is 1.00 bits per heavy atom. The van der Waals surface area contributed by atoms with Crippen LogP contribution in [0.25, 0.3) is 0 Å². The van der Waals surface area contributed by atoms with Gasteiger partial charge in [0.05, 0.1) is 13.2 Å². The molecule has 0 rings (SSSR count). The minimum Gasteiger partial charge on any atom is -0.448 e. The van der Waals surface area contributed by atoms with Crippen LogP contribution in [-0.4, -0.2) is 39.6 Å². The average molecular weight is 449 g/mol. The lowest BCUT2D eigenvalue weighted by Crippen LogP contribution is -2.13. The molecule has 11 heteroatoms. The van der Waals surface area contributed by atoms with E-state index in [9.17, 15) is 9.59 Å². The van der Waals surface area contributed by atoms with E-state index in [1.807, 2.05) is 6.79 Å². The van der Waals surface area contributed by atoms with E-state index in [1.165, 1.54) is 25.7 Å². The minimum atomic E-state index is -0.516. The molecular formula is C15H32N2O5S4. The number of amides is 2. The summed E-state index contributed by atoms with van der Waals surface area (Å²) in [6.45, 7) is 7.18. The molecule has 0 aromatic heterocycles. The zero-order chi connectivity index (χ0) is 20.8. The second kappa shape index (κ2) is 24.6. The van der Waals surface area contributed by atoms with E-state index in [1.54, 1.807) is 0 Å². The van der Waals surface area contributed by atoms with Gasteiger partial charge >= 0.3 is 12.2 Å². The predicted octanol–water partition coefficient (Wildman–Crippen LogP) is 5.20. The fourth-order valence-corrected chi connectivity index (χ4v) is 1.72. The van der Waals surface area contributed by atoms with Crippen molar-refractivity contribution in [1.82, 2.24) is 7.42 Å². The Kier molecular flexibility index (Phi) is 28.7. The molecule has 0 N–H and O–H groups in total. The van der Waals surface area contributed by atoms with Crippen LogP contribution in [0.4, 0.5) is 9.59 Å². The van der Waals surface area contributed by atoms with Crippen molar-refractivity contribution in [1.29, 1.82) is 0 Å². The molecule has 0 saturated carbocycles. The lowest BCUT2D eigenvalue weighted by molar-refractivity contribution is -0.0980. The van der Waals surface area contributed by atoms with Crippen molar-refractivity contribution in [2.24, 2.45) is 0 Å². The Balaban J connectivity index is -0.000000371. The first-order valence-corrected chi connectivity index (χ1v) is 9.94. The Bertz CT molecular complexity index is 307. The van der Waals surface area contributed by atoms with Gasteiger partial charge in [-0.05, 0) is 64.1 Å². The summed E-state index contributed by atoms with van der Waals surface area (Å²) in [5.41, 5.74) is 0. The van der Waals surface area contributed by atoms with Crippen molar-refractivity contribution in [2.75, 3.05) is 13.2 Å². The molecule has 2 amide bonds. The Hall–Kier alpha value is -0.390. The van der Waals surface area contributed by atoms with E-state index in [-0.39, 0.29) is 0 Å². The van der Waals surface area contributed by atoms with Gasteiger partial charge in [0.25, 0.3) is 0 Å². The molecule has 0 aromatic rings. The third-order valence-corrected chi connectivity index (χ3v) is 3.43. The number of thiol groups is 4. The number of ether oxygens (including phenoxy) is 2. The molecule has 7 nitrogen and oxygen atoms in total. The molecule has 0 aromatic carbocycles. The Labute approximate surface area is 179 Å². The summed E-state index contributed by atoms with van der Waals surface area (Å²) in [7, 11) is 0. The highest BCUT2D eigenvalue weighted by Crippen LogP contribution is 2.04. The summed E-state index contributed by atoms with van der Waals surface area (Å²) in [6.07, 6.45) is 7.72. The molecule has 0 fully saturated rings. The fourth-order valence-electron chi connectivity index (χ4n) is 1.49. The molecule has 0 aliphatic rings. The van der Waals surface area contributed by atoms with Gasteiger partial charge in [0.1, 0.15) is 6.79 Å². The number of hydrogen-bond donors (Lipinski definition) is 4. The molecule has 0 aliphatic heterocycles. The number of unbranched alkanes of at least 4 members (excludes halogenated alkanes) is 6. The second-order valence-corrected chi connectivity index (χ2v) is 7.16. The molecule has 0 heterocycles. The average Bonchev–Trinajstić information content (AvgIpc) is 2.63. The molecule has 0 bridgehead atoms. The predicted molar refractivity (Wildman–Crippen MR) is 118 cm³/mol. The number of hydrogen-bond acceptors (Lipinski definition) is 9. The lowest BCUT2D eigenvalue weighted by Gasteiger charge is -2.07. The van der Waals surface area contributed by atoms with Gasteiger partial charge in [0.15, 0.2) is 0 Å². The van der Waals surface area contributed by atoms with Crippen molar-refractivity contribution in [3.8, 4) is 0 Å². The normalized spacial score (nSPS) is 9.00. The molecule has 0 unspecified atom stereocenters. The molecule has 0 spiro atoms. The minimum absolute atomic E-state index is 0.455. The van der Waals surface area contributed by atoms with Crippen molar-refractivity contribution < 1.29 is 23.9 Å². The van der Waals surface area contributed by atoms with Gasteiger partial charge in [-0.1, -0.05) is 52.4 Å². The van der Waals surface area contributed by atoms with Crippen LogP contribution in [0.1, 0.15) is 65.2 Å². The summed E-state index contributed by atoms with van der Waals surface area (Å²) < 4.78 is 11.2. The monoisotopic (exact) mass is 448 g/mol. The van der Waals surface area contributed by atoms with Crippen LogP contribution in [0, 0.1) is 0 Å². The van der Waals surface area contributed by atoms with Crippen LogP contribution < -0.4 is 0 Å². The highest BCUT2D eigenvalue weighted by molar-refractivity contribution is 7.94. The van der Waals surface area contributed by atoms with Crippen molar-refractivity contribution >= 4 is 70.2 Å². The maximum Gasteiger partial charge on any atom is 0.429 e. The van der Waals surface area contributed by atoms with Gasteiger partial charge in [-0.25, -0.2) is 9.59 Å². The quantitative estimate of drug-likeness (QED) is 0.273. The van der Waals surface area contributed by atoms with Crippen LogP contribution in [0.5, 0.6) is 0 Å². The number of carbonyl (C=O) groups excluding carboxylic acids is 3. The zero-order valence-electron chi connectivity index (χ0n) is 15.5. The Morgan fingerprint density at radius 3 is 1.23 bits per heavy atom. The van der Waals surface area contributed by atoms with E-state index in [4.69, 9.17) is 14.3 Å². The van der Waals surface area contributed by atoms with Crippen LogP contribution in [-0.2, 0) is 14.3 Å². The van der Waals surface area contributed by atoms with Crippen LogP contribution in [0.3, 0.4) is 0 Å². The van der Waals surface area contributed by atoms with E-state index < -0.39 is 12.2 Å². The van der Waals surface area contributed by atoms with Crippen molar-refractivity contribution in [3.05, 3.63) is 0 Å². The van der Waals surface area contributed by atoms with Gasteiger partial charge in [0.2, 0.25) is 0 Å². The van der Waals surface area contributed by atoms with E-state index in [0.29, 0.717) is 13.2 Å².